The van der Waals surface area contributed by atoms with E-state index in [1.54, 1.807) is 0 Å². The molecule has 0 amide bonds. The van der Waals surface area contributed by atoms with Gasteiger partial charge in [0.25, 0.3) is 0 Å². The molecule has 0 bridgehead atoms. The van der Waals surface area contributed by atoms with E-state index in [-0.39, 0.29) is 19.4 Å². The molecule has 0 aliphatic heterocycles. The van der Waals surface area contributed by atoms with Gasteiger partial charge in [0.15, 0.2) is 6.10 Å². The highest BCUT2D eigenvalue weighted by atomic mass is 31.2. The van der Waals surface area contributed by atoms with E-state index >= 15 is 0 Å². The Kier molecular flexibility index (Phi) is 31.7. The molecule has 1 atom stereocenters. The molecule has 0 saturated carbocycles. The van der Waals surface area contributed by atoms with E-state index in [0.29, 0.717) is 19.3 Å². The Balaban J connectivity index is 4.19. The van der Waals surface area contributed by atoms with Gasteiger partial charge in [0, 0.05) is 12.8 Å². The maximum absolute atomic E-state index is 12.3. The maximum Gasteiger partial charge on any atom is 0.469 e. The number of phosphoric ester groups is 1. The highest BCUT2D eigenvalue weighted by molar-refractivity contribution is 7.46. The Bertz CT molecular complexity index is 1090. The van der Waals surface area contributed by atoms with Crippen molar-refractivity contribution in [2.45, 2.75) is 123 Å². The zero-order chi connectivity index (χ0) is 35.4. The van der Waals surface area contributed by atoms with Crippen molar-refractivity contribution in [1.82, 2.24) is 0 Å². The first-order valence-electron chi connectivity index (χ1n) is 17.5. The van der Waals surface area contributed by atoms with Crippen LogP contribution in [0, 0.1) is 0 Å². The van der Waals surface area contributed by atoms with E-state index in [4.69, 9.17) is 19.3 Å². The van der Waals surface area contributed by atoms with Crippen LogP contribution in [0.15, 0.2) is 97.2 Å². The number of allylic oxidation sites excluding steroid dienone is 16. The van der Waals surface area contributed by atoms with E-state index in [0.717, 1.165) is 70.6 Å². The van der Waals surface area contributed by atoms with Crippen molar-refractivity contribution in [3.63, 3.8) is 0 Å². The number of hydrogen-bond donors (Lipinski definition) is 2. The van der Waals surface area contributed by atoms with Crippen molar-refractivity contribution in [3.8, 4) is 0 Å². The fourth-order valence-corrected chi connectivity index (χ4v) is 4.43. The van der Waals surface area contributed by atoms with Gasteiger partial charge in [0.1, 0.15) is 6.61 Å². The van der Waals surface area contributed by atoms with E-state index in [2.05, 4.69) is 103 Å². The summed E-state index contributed by atoms with van der Waals surface area (Å²) in [5.74, 6) is -1.00. The third-order valence-corrected chi connectivity index (χ3v) is 7.08. The number of carbonyl (C=O) groups is 2. The summed E-state index contributed by atoms with van der Waals surface area (Å²) in [7, 11) is -4.78. The van der Waals surface area contributed by atoms with Crippen LogP contribution in [0.2, 0.25) is 0 Å². The number of unbranched alkanes of at least 4 members (excludes halogenated alkanes) is 4. The normalized spacial score (nSPS) is 13.7. The summed E-state index contributed by atoms with van der Waals surface area (Å²) in [5.41, 5.74) is 0. The molecule has 0 radical (unpaired) electrons. The molecule has 0 fully saturated rings. The van der Waals surface area contributed by atoms with Crippen molar-refractivity contribution in [3.05, 3.63) is 97.2 Å². The van der Waals surface area contributed by atoms with Gasteiger partial charge in [-0.25, -0.2) is 4.57 Å². The van der Waals surface area contributed by atoms with E-state index < -0.39 is 32.5 Å². The van der Waals surface area contributed by atoms with Crippen molar-refractivity contribution < 1.29 is 37.9 Å². The molecule has 0 heterocycles. The Hall–Kier alpha value is -3.03. The molecule has 48 heavy (non-hydrogen) atoms. The summed E-state index contributed by atoms with van der Waals surface area (Å²) >= 11 is 0. The molecule has 9 heteroatoms. The maximum atomic E-state index is 12.3. The largest absolute Gasteiger partial charge is 0.469 e. The van der Waals surface area contributed by atoms with Crippen LogP contribution in [0.3, 0.4) is 0 Å². The van der Waals surface area contributed by atoms with Gasteiger partial charge in [0.05, 0.1) is 6.61 Å². The van der Waals surface area contributed by atoms with Gasteiger partial charge < -0.3 is 19.3 Å². The lowest BCUT2D eigenvalue weighted by Gasteiger charge is -2.18. The van der Waals surface area contributed by atoms with Crippen LogP contribution in [0.4, 0.5) is 0 Å². The summed E-state index contributed by atoms with van der Waals surface area (Å²) in [6.07, 6.45) is 45.7. The third-order valence-electron chi connectivity index (χ3n) is 6.60. The van der Waals surface area contributed by atoms with Crippen molar-refractivity contribution >= 4 is 19.8 Å². The lowest BCUT2D eigenvalue weighted by atomic mass is 10.1. The second kappa shape index (κ2) is 33.9. The Morgan fingerprint density at radius 3 is 1.42 bits per heavy atom. The lowest BCUT2D eigenvalue weighted by molar-refractivity contribution is -0.161. The molecule has 270 valence electrons. The van der Waals surface area contributed by atoms with Gasteiger partial charge in [0.2, 0.25) is 0 Å². The van der Waals surface area contributed by atoms with Crippen LogP contribution < -0.4 is 0 Å². The number of phosphoric acid groups is 1. The van der Waals surface area contributed by atoms with E-state index in [9.17, 15) is 14.2 Å². The van der Waals surface area contributed by atoms with E-state index in [1.807, 2.05) is 12.2 Å². The highest BCUT2D eigenvalue weighted by Gasteiger charge is 2.22. The average Bonchev–Trinajstić information content (AvgIpc) is 3.05. The van der Waals surface area contributed by atoms with Gasteiger partial charge >= 0.3 is 19.8 Å². The number of hydrogen-bond acceptors (Lipinski definition) is 6. The minimum absolute atomic E-state index is 0.121. The van der Waals surface area contributed by atoms with Crippen LogP contribution in [0.5, 0.6) is 0 Å². The molecular weight excluding hydrogens is 627 g/mol. The zero-order valence-corrected chi connectivity index (χ0v) is 30.2. The average molecular weight is 689 g/mol. The fraction of sp³-hybridized carbons (Fsp3) is 0.538. The first-order chi connectivity index (χ1) is 23.3. The fourth-order valence-electron chi connectivity index (χ4n) is 4.07. The second-order valence-corrected chi connectivity index (χ2v) is 12.3. The van der Waals surface area contributed by atoms with Gasteiger partial charge in [-0.3, -0.25) is 14.1 Å². The van der Waals surface area contributed by atoms with Gasteiger partial charge in [-0.1, -0.05) is 117 Å². The smallest absolute Gasteiger partial charge is 0.462 e. The van der Waals surface area contributed by atoms with E-state index in [1.165, 1.54) is 0 Å². The van der Waals surface area contributed by atoms with Crippen LogP contribution in [0.25, 0.3) is 0 Å². The highest BCUT2D eigenvalue weighted by Crippen LogP contribution is 2.35. The molecule has 1 unspecified atom stereocenters. The Morgan fingerprint density at radius 2 is 0.958 bits per heavy atom. The van der Waals surface area contributed by atoms with Gasteiger partial charge in [-0.2, -0.15) is 0 Å². The molecule has 0 aromatic carbocycles. The second-order valence-electron chi connectivity index (χ2n) is 11.1. The summed E-state index contributed by atoms with van der Waals surface area (Å²) < 4.78 is 26.2. The SMILES string of the molecule is CC/C=C\C/C=C\C/C=C\C/C=C\C/C=C\CCCC(=O)OC(COC(=O)CCCCC/C=C\C/C=C\C/C=C\CC)COP(=O)(O)O. The molecule has 0 saturated heterocycles. The molecule has 8 nitrogen and oxygen atoms in total. The molecule has 0 aliphatic carbocycles. The van der Waals surface area contributed by atoms with Gasteiger partial charge in [-0.15, -0.1) is 0 Å². The number of carbonyl (C=O) groups excluding carboxylic acids is 2. The Morgan fingerprint density at radius 1 is 0.542 bits per heavy atom. The number of esters is 2. The van der Waals surface area contributed by atoms with Crippen molar-refractivity contribution in [2.75, 3.05) is 13.2 Å². The molecule has 0 spiro atoms. The number of ether oxygens (including phenoxy) is 2. The molecule has 0 aromatic rings. The number of rotatable bonds is 30. The zero-order valence-electron chi connectivity index (χ0n) is 29.3. The van der Waals surface area contributed by atoms with Crippen molar-refractivity contribution in [2.24, 2.45) is 0 Å². The molecule has 2 N–H and O–H groups in total. The predicted octanol–water partition coefficient (Wildman–Crippen LogP) is 10.3. The minimum atomic E-state index is -4.78. The molecule has 0 aromatic heterocycles. The summed E-state index contributed by atoms with van der Waals surface area (Å²) in [5, 5.41) is 0. The predicted molar refractivity (Wildman–Crippen MR) is 197 cm³/mol. The standard InChI is InChI=1S/C39H61O8P/c1-3-5-7-9-11-13-15-17-18-19-20-22-24-26-28-30-32-34-39(41)47-37(36-46-48(42,43)44)35-45-38(40)33-31-29-27-25-23-21-16-14-12-10-8-6-4-2/h5-8,11-14,17-18,20-23,26,28,37H,3-4,9-10,15-16,19,24-25,27,29-36H2,1-2H3,(H2,42,43,44)/b7-5-,8-6-,13-11-,14-12-,18-17-,22-20-,23-21-,28-26-. The summed E-state index contributed by atoms with van der Waals surface area (Å²) in [4.78, 5) is 42.6. The molecule has 0 rings (SSSR count). The van der Waals surface area contributed by atoms with Crippen LogP contribution in [-0.4, -0.2) is 41.0 Å². The topological polar surface area (TPSA) is 119 Å². The first kappa shape index (κ1) is 45.0. The van der Waals surface area contributed by atoms with Gasteiger partial charge in [-0.05, 0) is 83.5 Å². The van der Waals surface area contributed by atoms with Crippen LogP contribution in [0.1, 0.15) is 117 Å². The van der Waals surface area contributed by atoms with Crippen molar-refractivity contribution in [1.29, 1.82) is 0 Å². The van der Waals surface area contributed by atoms with Crippen LogP contribution >= 0.6 is 7.82 Å². The summed E-state index contributed by atoms with van der Waals surface area (Å²) in [6.45, 7) is 3.34. The Labute approximate surface area is 290 Å². The summed E-state index contributed by atoms with van der Waals surface area (Å²) in [6, 6.07) is 0. The molecule has 0 aliphatic rings. The monoisotopic (exact) mass is 688 g/mol. The third kappa shape index (κ3) is 35.8. The van der Waals surface area contributed by atoms with Crippen LogP contribution in [-0.2, 0) is 28.2 Å². The minimum Gasteiger partial charge on any atom is -0.462 e. The lowest BCUT2D eigenvalue weighted by Crippen LogP contribution is -2.29. The first-order valence-corrected chi connectivity index (χ1v) is 19.1. The quantitative estimate of drug-likeness (QED) is 0.0331. The molecular formula is C39H61O8P.